The molecule has 0 amide bonds. The van der Waals surface area contributed by atoms with Crippen molar-refractivity contribution in [1.29, 1.82) is 5.26 Å². The number of hydrogen-bond acceptors (Lipinski definition) is 2. The van der Waals surface area contributed by atoms with Crippen molar-refractivity contribution in [1.82, 2.24) is 5.32 Å². The van der Waals surface area contributed by atoms with Gasteiger partial charge < -0.3 is 5.32 Å². The molecule has 80 valence electrons. The molecule has 0 spiro atoms. The fourth-order valence-corrected chi connectivity index (χ4v) is 1.77. The van der Waals surface area contributed by atoms with E-state index in [2.05, 4.69) is 23.5 Å². The Balaban J connectivity index is 0.000000531. The fraction of sp³-hybridized carbons (Fsp3) is 0.462. The Labute approximate surface area is 92.0 Å². The van der Waals surface area contributed by atoms with Gasteiger partial charge in [-0.25, -0.2) is 0 Å². The van der Waals surface area contributed by atoms with Crippen LogP contribution in [0.5, 0.6) is 0 Å². The van der Waals surface area contributed by atoms with Gasteiger partial charge in [0.05, 0.1) is 18.0 Å². The van der Waals surface area contributed by atoms with Crippen LogP contribution in [0.15, 0.2) is 36.1 Å². The van der Waals surface area contributed by atoms with E-state index in [1.54, 1.807) is 0 Å². The van der Waals surface area contributed by atoms with Crippen LogP contribution >= 0.6 is 0 Å². The summed E-state index contributed by atoms with van der Waals surface area (Å²) in [5.74, 6) is 0.0717. The molecule has 2 heteroatoms. The zero-order valence-electron chi connectivity index (χ0n) is 9.40. The van der Waals surface area contributed by atoms with E-state index in [0.29, 0.717) is 6.04 Å². The highest BCUT2D eigenvalue weighted by Gasteiger charge is 2.19. The van der Waals surface area contributed by atoms with Crippen LogP contribution in [0.4, 0.5) is 0 Å². The van der Waals surface area contributed by atoms with Crippen molar-refractivity contribution in [3.05, 3.63) is 36.1 Å². The van der Waals surface area contributed by atoms with Crippen molar-refractivity contribution in [2.24, 2.45) is 5.92 Å². The minimum atomic E-state index is 0.0717. The molecule has 1 aliphatic carbocycles. The SMILES string of the molecule is CC.N#CC1C=CC=C([C@H]2CC=CN2)C1. The average molecular weight is 202 g/mol. The van der Waals surface area contributed by atoms with E-state index in [-0.39, 0.29) is 5.92 Å². The van der Waals surface area contributed by atoms with Crippen LogP contribution in [0.25, 0.3) is 0 Å². The monoisotopic (exact) mass is 202 g/mol. The largest absolute Gasteiger partial charge is 0.384 e. The topological polar surface area (TPSA) is 35.8 Å². The van der Waals surface area contributed by atoms with Crippen LogP contribution in [0, 0.1) is 17.2 Å². The Hall–Kier alpha value is -1.49. The molecule has 0 aromatic heterocycles. The third-order valence-corrected chi connectivity index (χ3v) is 2.51. The third kappa shape index (κ3) is 2.99. The maximum absolute atomic E-state index is 8.79. The first-order valence-electron chi connectivity index (χ1n) is 5.58. The van der Waals surface area contributed by atoms with Gasteiger partial charge in [-0.15, -0.1) is 0 Å². The van der Waals surface area contributed by atoms with Gasteiger partial charge in [-0.1, -0.05) is 38.2 Å². The first kappa shape index (κ1) is 11.6. The second kappa shape index (κ2) is 6.08. The Bertz CT molecular complexity index is 310. The van der Waals surface area contributed by atoms with E-state index in [4.69, 9.17) is 5.26 Å². The average Bonchev–Trinajstić information content (AvgIpc) is 2.85. The number of rotatable bonds is 1. The van der Waals surface area contributed by atoms with Gasteiger partial charge in [0.15, 0.2) is 0 Å². The minimum absolute atomic E-state index is 0.0717. The molecule has 0 saturated heterocycles. The first-order valence-corrected chi connectivity index (χ1v) is 5.58. The summed E-state index contributed by atoms with van der Waals surface area (Å²) < 4.78 is 0. The summed E-state index contributed by atoms with van der Waals surface area (Å²) in [6.07, 6.45) is 12.1. The van der Waals surface area contributed by atoms with Gasteiger partial charge in [0.2, 0.25) is 0 Å². The molecule has 0 aromatic rings. The highest BCUT2D eigenvalue weighted by atomic mass is 14.9. The van der Waals surface area contributed by atoms with Crippen molar-refractivity contribution in [2.45, 2.75) is 32.7 Å². The molecule has 15 heavy (non-hydrogen) atoms. The molecule has 1 N–H and O–H groups in total. The van der Waals surface area contributed by atoms with Crippen molar-refractivity contribution in [3.63, 3.8) is 0 Å². The summed E-state index contributed by atoms with van der Waals surface area (Å²) in [6.45, 7) is 4.00. The number of allylic oxidation sites excluding steroid dienone is 3. The fourth-order valence-electron chi connectivity index (χ4n) is 1.77. The van der Waals surface area contributed by atoms with Crippen LogP contribution in [0.3, 0.4) is 0 Å². The number of hydrogen-bond donors (Lipinski definition) is 1. The molecule has 0 radical (unpaired) electrons. The Kier molecular flexibility index (Phi) is 4.70. The number of nitrogens with one attached hydrogen (secondary N) is 1. The maximum atomic E-state index is 8.79. The second-order valence-electron chi connectivity index (χ2n) is 3.42. The van der Waals surface area contributed by atoms with E-state index < -0.39 is 0 Å². The Morgan fingerprint density at radius 1 is 1.47 bits per heavy atom. The van der Waals surface area contributed by atoms with Crippen molar-refractivity contribution in [3.8, 4) is 6.07 Å². The lowest BCUT2D eigenvalue weighted by Gasteiger charge is -2.19. The second-order valence-corrected chi connectivity index (χ2v) is 3.42. The minimum Gasteiger partial charge on any atom is -0.384 e. The molecule has 2 aliphatic rings. The molecule has 1 aliphatic heterocycles. The van der Waals surface area contributed by atoms with Crippen LogP contribution < -0.4 is 5.32 Å². The van der Waals surface area contributed by atoms with Gasteiger partial charge in [-0.05, 0) is 24.6 Å². The molecular formula is C13H18N2. The van der Waals surface area contributed by atoms with Gasteiger partial charge in [-0.3, -0.25) is 0 Å². The lowest BCUT2D eigenvalue weighted by molar-refractivity contribution is 0.645. The molecule has 1 unspecified atom stereocenters. The summed E-state index contributed by atoms with van der Waals surface area (Å²) >= 11 is 0. The summed E-state index contributed by atoms with van der Waals surface area (Å²) in [4.78, 5) is 0. The van der Waals surface area contributed by atoms with Crippen LogP contribution in [0.2, 0.25) is 0 Å². The summed E-state index contributed by atoms with van der Waals surface area (Å²) in [7, 11) is 0. The van der Waals surface area contributed by atoms with E-state index in [1.165, 1.54) is 5.57 Å². The highest BCUT2D eigenvalue weighted by molar-refractivity contribution is 5.29. The molecule has 0 bridgehead atoms. The molecule has 0 aromatic carbocycles. The Morgan fingerprint density at radius 2 is 2.27 bits per heavy atom. The van der Waals surface area contributed by atoms with Gasteiger partial charge in [0.1, 0.15) is 0 Å². The summed E-state index contributed by atoms with van der Waals surface area (Å²) in [6, 6.07) is 2.71. The van der Waals surface area contributed by atoms with Gasteiger partial charge in [-0.2, -0.15) is 5.26 Å². The van der Waals surface area contributed by atoms with Crippen molar-refractivity contribution < 1.29 is 0 Å². The molecule has 2 rings (SSSR count). The number of nitriles is 1. The van der Waals surface area contributed by atoms with E-state index in [0.717, 1.165) is 12.8 Å². The lowest BCUT2D eigenvalue weighted by Crippen LogP contribution is -2.23. The quantitative estimate of drug-likeness (QED) is 0.709. The molecule has 0 saturated carbocycles. The standard InChI is InChI=1S/C11H12N2.C2H6/c12-8-9-3-1-4-10(7-9)11-5-2-6-13-11;1-2/h1-4,6,9,11,13H,5,7H2;1-2H3/t9?,11-;/m1./s1. The maximum Gasteiger partial charge on any atom is 0.0701 e. The predicted octanol–water partition coefficient (Wildman–Crippen LogP) is 2.91. The highest BCUT2D eigenvalue weighted by Crippen LogP contribution is 2.23. The molecular weight excluding hydrogens is 184 g/mol. The lowest BCUT2D eigenvalue weighted by atomic mass is 9.90. The van der Waals surface area contributed by atoms with Crippen LogP contribution in [-0.4, -0.2) is 6.04 Å². The zero-order chi connectivity index (χ0) is 11.1. The smallest absolute Gasteiger partial charge is 0.0701 e. The zero-order valence-corrected chi connectivity index (χ0v) is 9.40. The van der Waals surface area contributed by atoms with Crippen LogP contribution in [0.1, 0.15) is 26.7 Å². The predicted molar refractivity (Wildman–Crippen MR) is 63.0 cm³/mol. The van der Waals surface area contributed by atoms with E-state index in [1.807, 2.05) is 32.2 Å². The summed E-state index contributed by atoms with van der Waals surface area (Å²) in [5.41, 5.74) is 1.35. The van der Waals surface area contributed by atoms with Crippen molar-refractivity contribution in [2.75, 3.05) is 0 Å². The van der Waals surface area contributed by atoms with Gasteiger partial charge in [0.25, 0.3) is 0 Å². The van der Waals surface area contributed by atoms with Gasteiger partial charge >= 0.3 is 0 Å². The normalized spacial score (nSPS) is 27.1. The van der Waals surface area contributed by atoms with Gasteiger partial charge in [0, 0.05) is 0 Å². The third-order valence-electron chi connectivity index (χ3n) is 2.51. The molecule has 2 atom stereocenters. The molecule has 1 heterocycles. The van der Waals surface area contributed by atoms with Crippen LogP contribution in [-0.2, 0) is 0 Å². The summed E-state index contributed by atoms with van der Waals surface area (Å²) in [5, 5.41) is 12.1. The first-order chi connectivity index (χ1) is 7.40. The van der Waals surface area contributed by atoms with E-state index in [9.17, 15) is 0 Å². The molecule has 0 fully saturated rings. The molecule has 2 nitrogen and oxygen atoms in total. The Morgan fingerprint density at radius 3 is 2.87 bits per heavy atom. The van der Waals surface area contributed by atoms with E-state index >= 15 is 0 Å². The number of nitrogens with zero attached hydrogens (tertiary/aromatic N) is 1. The van der Waals surface area contributed by atoms with Crippen molar-refractivity contribution >= 4 is 0 Å².